The maximum atomic E-state index is 12.7. The first-order valence-corrected chi connectivity index (χ1v) is 12.9. The van der Waals surface area contributed by atoms with Crippen molar-refractivity contribution in [2.45, 2.75) is 70.5 Å². The van der Waals surface area contributed by atoms with Crippen LogP contribution in [0.2, 0.25) is 0 Å². The van der Waals surface area contributed by atoms with Gasteiger partial charge in [-0.1, -0.05) is 38.2 Å². The van der Waals surface area contributed by atoms with Crippen LogP contribution in [0.15, 0.2) is 30.3 Å². The first-order valence-electron chi connectivity index (χ1n) is 12.9. The standard InChI is InChI=1S/C29H34O7/c1-33-23-13-12-21(19-10-11-22-20(16-19)17-35-27(22)30)24(25(23)34-2)36-26(18-8-5-3-4-6-9-18)29(28(31)32)14-7-15-29/h10-13,16,18,26H,3-9,14-15,17H2,1-2H3,(H,31,32). The summed E-state index contributed by atoms with van der Waals surface area (Å²) in [6.07, 6.45) is 8.08. The minimum Gasteiger partial charge on any atom is -0.493 e. The molecule has 7 heteroatoms. The summed E-state index contributed by atoms with van der Waals surface area (Å²) >= 11 is 0. The van der Waals surface area contributed by atoms with Crippen LogP contribution in [0.1, 0.15) is 73.7 Å². The summed E-state index contributed by atoms with van der Waals surface area (Å²) in [6.45, 7) is 0.234. The number of carboxylic acids is 1. The highest BCUT2D eigenvalue weighted by Crippen LogP contribution is 2.53. The Labute approximate surface area is 211 Å². The molecule has 7 nitrogen and oxygen atoms in total. The lowest BCUT2D eigenvalue weighted by Gasteiger charge is -2.47. The fourth-order valence-electron chi connectivity index (χ4n) is 6.12. The normalized spacial score (nSPS) is 19.9. The smallest absolute Gasteiger partial charge is 0.338 e. The molecule has 1 aliphatic heterocycles. The largest absolute Gasteiger partial charge is 0.493 e. The summed E-state index contributed by atoms with van der Waals surface area (Å²) in [7, 11) is 3.15. The molecule has 0 radical (unpaired) electrons. The van der Waals surface area contributed by atoms with Crippen LogP contribution in [0.4, 0.5) is 0 Å². The average Bonchev–Trinajstić information content (AvgIpc) is 3.04. The van der Waals surface area contributed by atoms with Crippen LogP contribution in [0, 0.1) is 11.3 Å². The summed E-state index contributed by atoms with van der Waals surface area (Å²) in [5.74, 6) is 0.513. The number of hydrogen-bond donors (Lipinski definition) is 1. The van der Waals surface area contributed by atoms with Crippen molar-refractivity contribution in [2.75, 3.05) is 14.2 Å². The predicted molar refractivity (Wildman–Crippen MR) is 134 cm³/mol. The molecule has 3 aliphatic rings. The van der Waals surface area contributed by atoms with Crippen LogP contribution < -0.4 is 14.2 Å². The Morgan fingerprint density at radius 1 is 0.972 bits per heavy atom. The quantitative estimate of drug-likeness (QED) is 0.355. The van der Waals surface area contributed by atoms with Gasteiger partial charge in [0.25, 0.3) is 0 Å². The number of ether oxygens (including phenoxy) is 4. The number of carbonyl (C=O) groups excluding carboxylic acids is 1. The van der Waals surface area contributed by atoms with Gasteiger partial charge in [0.1, 0.15) is 18.1 Å². The van der Waals surface area contributed by atoms with Crippen LogP contribution in [0.3, 0.4) is 0 Å². The van der Waals surface area contributed by atoms with Gasteiger partial charge in [-0.15, -0.1) is 0 Å². The zero-order valence-corrected chi connectivity index (χ0v) is 21.0. The van der Waals surface area contributed by atoms with Crippen LogP contribution in [-0.4, -0.2) is 37.4 Å². The monoisotopic (exact) mass is 494 g/mol. The van der Waals surface area contributed by atoms with Gasteiger partial charge >= 0.3 is 11.9 Å². The van der Waals surface area contributed by atoms with E-state index in [0.717, 1.165) is 48.8 Å². The molecule has 2 aromatic carbocycles. The molecule has 192 valence electrons. The molecule has 2 saturated carbocycles. The number of esters is 1. The molecule has 5 rings (SSSR count). The molecule has 1 atom stereocenters. The Morgan fingerprint density at radius 3 is 2.31 bits per heavy atom. The molecule has 0 spiro atoms. The lowest BCUT2D eigenvalue weighted by atomic mass is 9.61. The van der Waals surface area contributed by atoms with Crippen LogP contribution >= 0.6 is 0 Å². The molecular formula is C29H34O7. The van der Waals surface area contributed by atoms with Gasteiger partial charge in [0, 0.05) is 11.1 Å². The first kappa shape index (κ1) is 24.5. The van der Waals surface area contributed by atoms with Crippen molar-refractivity contribution < 1.29 is 33.6 Å². The third-order valence-corrected chi connectivity index (χ3v) is 8.28. The fraction of sp³-hybridized carbons (Fsp3) is 0.517. The number of carbonyl (C=O) groups is 2. The summed E-state index contributed by atoms with van der Waals surface area (Å²) in [5, 5.41) is 10.4. The van der Waals surface area contributed by atoms with Crippen LogP contribution in [-0.2, 0) is 16.1 Å². The van der Waals surface area contributed by atoms with Crippen molar-refractivity contribution in [3.63, 3.8) is 0 Å². The highest BCUT2D eigenvalue weighted by molar-refractivity contribution is 5.94. The van der Waals surface area contributed by atoms with Crippen molar-refractivity contribution in [3.05, 3.63) is 41.5 Å². The van der Waals surface area contributed by atoms with Gasteiger partial charge in [0.2, 0.25) is 5.75 Å². The molecular weight excluding hydrogens is 460 g/mol. The van der Waals surface area contributed by atoms with Gasteiger partial charge < -0.3 is 24.1 Å². The molecule has 0 amide bonds. The summed E-state index contributed by atoms with van der Waals surface area (Å²) in [5.41, 5.74) is 2.10. The van der Waals surface area contributed by atoms with E-state index in [0.29, 0.717) is 35.7 Å². The van der Waals surface area contributed by atoms with Gasteiger partial charge in [-0.05, 0) is 61.4 Å². The van der Waals surface area contributed by atoms with Gasteiger partial charge in [-0.25, -0.2) is 4.79 Å². The highest BCUT2D eigenvalue weighted by atomic mass is 16.5. The predicted octanol–water partition coefficient (Wildman–Crippen LogP) is 6.01. The third-order valence-electron chi connectivity index (χ3n) is 8.28. The van der Waals surface area contributed by atoms with Crippen LogP contribution in [0.5, 0.6) is 17.2 Å². The van der Waals surface area contributed by atoms with Crippen molar-refractivity contribution in [1.82, 2.24) is 0 Å². The SMILES string of the molecule is COc1ccc(-c2ccc3c(c2)COC3=O)c(OC(C2CCCCCC2)C2(C(=O)O)CCC2)c1OC. The fourth-order valence-corrected chi connectivity index (χ4v) is 6.12. The second-order valence-corrected chi connectivity index (χ2v) is 10.2. The van der Waals surface area contributed by atoms with Crippen molar-refractivity contribution in [1.29, 1.82) is 0 Å². The average molecular weight is 495 g/mol. The molecule has 36 heavy (non-hydrogen) atoms. The molecule has 0 bridgehead atoms. The zero-order chi connectivity index (χ0) is 25.3. The van der Waals surface area contributed by atoms with Crippen molar-refractivity contribution in [2.24, 2.45) is 11.3 Å². The van der Waals surface area contributed by atoms with Gasteiger partial charge in [0.15, 0.2) is 11.5 Å². The number of methoxy groups -OCH3 is 2. The van der Waals surface area contributed by atoms with Crippen molar-refractivity contribution in [3.8, 4) is 28.4 Å². The Kier molecular flexibility index (Phi) is 6.82. The topological polar surface area (TPSA) is 91.3 Å². The number of cyclic esters (lactones) is 1. The van der Waals surface area contributed by atoms with E-state index in [1.165, 1.54) is 12.8 Å². The molecule has 1 unspecified atom stereocenters. The number of fused-ring (bicyclic) bond motifs is 1. The van der Waals surface area contributed by atoms with E-state index in [9.17, 15) is 14.7 Å². The Bertz CT molecular complexity index is 1140. The Hall–Kier alpha value is -3.22. The van der Waals surface area contributed by atoms with Gasteiger partial charge in [0.05, 0.1) is 19.8 Å². The summed E-state index contributed by atoms with van der Waals surface area (Å²) in [4.78, 5) is 24.7. The van der Waals surface area contributed by atoms with E-state index in [1.807, 2.05) is 24.3 Å². The van der Waals surface area contributed by atoms with E-state index in [1.54, 1.807) is 20.3 Å². The van der Waals surface area contributed by atoms with Crippen LogP contribution in [0.25, 0.3) is 11.1 Å². The lowest BCUT2D eigenvalue weighted by molar-refractivity contribution is -0.167. The molecule has 0 saturated heterocycles. The summed E-state index contributed by atoms with van der Waals surface area (Å²) in [6, 6.07) is 9.32. The number of carboxylic acid groups (broad SMARTS) is 1. The second kappa shape index (κ2) is 10.0. The Morgan fingerprint density at radius 2 is 1.69 bits per heavy atom. The lowest BCUT2D eigenvalue weighted by Crippen LogP contribution is -2.53. The molecule has 1 N–H and O–H groups in total. The Balaban J connectivity index is 1.63. The molecule has 2 aliphatic carbocycles. The van der Waals surface area contributed by atoms with Gasteiger partial charge in [-0.3, -0.25) is 4.79 Å². The van der Waals surface area contributed by atoms with Gasteiger partial charge in [-0.2, -0.15) is 0 Å². The van der Waals surface area contributed by atoms with E-state index in [2.05, 4.69) is 0 Å². The second-order valence-electron chi connectivity index (χ2n) is 10.2. The number of aliphatic carboxylic acids is 1. The minimum absolute atomic E-state index is 0.152. The number of rotatable bonds is 8. The molecule has 0 aromatic heterocycles. The summed E-state index contributed by atoms with van der Waals surface area (Å²) < 4.78 is 23.5. The molecule has 2 fully saturated rings. The number of hydrogen-bond acceptors (Lipinski definition) is 6. The first-order chi connectivity index (χ1) is 17.5. The zero-order valence-electron chi connectivity index (χ0n) is 21.0. The van der Waals surface area contributed by atoms with E-state index < -0.39 is 17.5 Å². The van der Waals surface area contributed by atoms with Crippen molar-refractivity contribution >= 4 is 11.9 Å². The third kappa shape index (κ3) is 4.18. The molecule has 1 heterocycles. The number of benzene rings is 2. The van der Waals surface area contributed by atoms with E-state index in [4.69, 9.17) is 18.9 Å². The maximum absolute atomic E-state index is 12.7. The highest BCUT2D eigenvalue weighted by Gasteiger charge is 2.55. The molecule has 2 aromatic rings. The van der Waals surface area contributed by atoms with E-state index >= 15 is 0 Å². The maximum Gasteiger partial charge on any atom is 0.338 e. The van der Waals surface area contributed by atoms with E-state index in [-0.39, 0.29) is 18.5 Å². The minimum atomic E-state index is -0.904.